The summed E-state index contributed by atoms with van der Waals surface area (Å²) in [5.41, 5.74) is 0. The van der Waals surface area contributed by atoms with Crippen molar-refractivity contribution in [3.63, 3.8) is 0 Å². The molecule has 0 aromatic carbocycles. The van der Waals surface area contributed by atoms with E-state index >= 15 is 0 Å². The molecule has 64 valence electrons. The van der Waals surface area contributed by atoms with Crippen LogP contribution in [-0.4, -0.2) is 37.4 Å². The van der Waals surface area contributed by atoms with E-state index in [9.17, 15) is 9.59 Å². The molecule has 0 heterocycles. The molecule has 0 rings (SSSR count). The Labute approximate surface area is 66.6 Å². The van der Waals surface area contributed by atoms with Crippen molar-refractivity contribution in [1.29, 1.82) is 0 Å². The molecule has 0 bridgehead atoms. The van der Waals surface area contributed by atoms with Gasteiger partial charge in [-0.15, -0.1) is 0 Å². The Kier molecular flexibility index (Phi) is 5.15. The van der Waals surface area contributed by atoms with Crippen molar-refractivity contribution in [3.05, 3.63) is 0 Å². The van der Waals surface area contributed by atoms with Gasteiger partial charge in [0.2, 0.25) is 12.3 Å². The van der Waals surface area contributed by atoms with E-state index in [1.54, 1.807) is 7.05 Å². The second-order valence-electron chi connectivity index (χ2n) is 2.37. The molecule has 0 atom stereocenters. The van der Waals surface area contributed by atoms with E-state index in [4.69, 9.17) is 0 Å². The van der Waals surface area contributed by atoms with Crippen LogP contribution in [-0.2, 0) is 9.59 Å². The summed E-state index contributed by atoms with van der Waals surface area (Å²) < 4.78 is 0. The van der Waals surface area contributed by atoms with Crippen LogP contribution in [0.25, 0.3) is 0 Å². The third-order valence-corrected chi connectivity index (χ3v) is 1.15. The summed E-state index contributed by atoms with van der Waals surface area (Å²) in [5, 5.41) is 2.66. The Bertz CT molecular complexity index is 136. The zero-order valence-electron chi connectivity index (χ0n) is 6.96. The molecule has 0 aliphatic heterocycles. The van der Waals surface area contributed by atoms with Crippen molar-refractivity contribution in [2.75, 3.05) is 20.1 Å². The lowest BCUT2D eigenvalue weighted by Gasteiger charge is -2.09. The Morgan fingerprint density at radius 1 is 1.64 bits per heavy atom. The number of carbonyl (C=O) groups excluding carboxylic acids is 2. The predicted molar refractivity (Wildman–Crippen MR) is 42.0 cm³/mol. The Morgan fingerprint density at radius 3 is 2.73 bits per heavy atom. The maximum Gasteiger partial charge on any atom is 0.239 e. The smallest absolute Gasteiger partial charge is 0.239 e. The van der Waals surface area contributed by atoms with E-state index in [1.165, 1.54) is 4.90 Å². The van der Waals surface area contributed by atoms with Gasteiger partial charge < -0.3 is 10.2 Å². The molecular formula is C7H14N2O2. The minimum Gasteiger partial charge on any atom is -0.355 e. The Hall–Kier alpha value is -1.06. The zero-order chi connectivity index (χ0) is 8.69. The van der Waals surface area contributed by atoms with Crippen LogP contribution < -0.4 is 5.32 Å². The lowest BCUT2D eigenvalue weighted by molar-refractivity contribution is -0.127. The van der Waals surface area contributed by atoms with Gasteiger partial charge in [-0.25, -0.2) is 0 Å². The molecule has 1 N–H and O–H groups in total. The van der Waals surface area contributed by atoms with Crippen molar-refractivity contribution < 1.29 is 9.59 Å². The van der Waals surface area contributed by atoms with Crippen molar-refractivity contribution in [2.24, 2.45) is 0 Å². The third kappa shape index (κ3) is 5.39. The number of carbonyl (C=O) groups is 2. The lowest BCUT2D eigenvalue weighted by Crippen LogP contribution is -2.34. The van der Waals surface area contributed by atoms with Gasteiger partial charge in [-0.3, -0.25) is 9.59 Å². The highest BCUT2D eigenvalue weighted by Crippen LogP contribution is 1.76. The maximum absolute atomic E-state index is 10.9. The van der Waals surface area contributed by atoms with Gasteiger partial charge in [0.25, 0.3) is 0 Å². The van der Waals surface area contributed by atoms with Crippen molar-refractivity contribution in [2.45, 2.75) is 13.3 Å². The van der Waals surface area contributed by atoms with Crippen molar-refractivity contribution >= 4 is 12.3 Å². The molecule has 0 fully saturated rings. The van der Waals surface area contributed by atoms with Crippen molar-refractivity contribution in [1.82, 2.24) is 10.2 Å². The molecule has 2 amide bonds. The molecule has 11 heavy (non-hydrogen) atoms. The highest BCUT2D eigenvalue weighted by Gasteiger charge is 2.01. The average molecular weight is 158 g/mol. The minimum absolute atomic E-state index is 0.110. The van der Waals surface area contributed by atoms with E-state index in [1.807, 2.05) is 6.92 Å². The van der Waals surface area contributed by atoms with E-state index in [0.717, 1.165) is 6.42 Å². The fourth-order valence-corrected chi connectivity index (χ4v) is 0.584. The Balaban J connectivity index is 3.43. The molecule has 0 unspecified atom stereocenters. The summed E-state index contributed by atoms with van der Waals surface area (Å²) >= 11 is 0. The largest absolute Gasteiger partial charge is 0.355 e. The summed E-state index contributed by atoms with van der Waals surface area (Å²) in [7, 11) is 1.57. The highest BCUT2D eigenvalue weighted by atomic mass is 16.2. The first kappa shape index (κ1) is 9.94. The summed E-state index contributed by atoms with van der Waals surface area (Å²) in [6.45, 7) is 2.79. The number of hydrogen-bond acceptors (Lipinski definition) is 2. The van der Waals surface area contributed by atoms with Crippen LogP contribution in [0.1, 0.15) is 13.3 Å². The molecule has 4 heteroatoms. The fourth-order valence-electron chi connectivity index (χ4n) is 0.584. The lowest BCUT2D eigenvalue weighted by atomic mass is 10.4. The topological polar surface area (TPSA) is 49.4 Å². The maximum atomic E-state index is 10.9. The molecule has 4 nitrogen and oxygen atoms in total. The van der Waals surface area contributed by atoms with Gasteiger partial charge >= 0.3 is 0 Å². The zero-order valence-corrected chi connectivity index (χ0v) is 6.96. The first-order valence-corrected chi connectivity index (χ1v) is 3.63. The van der Waals surface area contributed by atoms with Crippen LogP contribution in [0.4, 0.5) is 0 Å². The molecule has 0 spiro atoms. The van der Waals surface area contributed by atoms with E-state index in [0.29, 0.717) is 13.0 Å². The van der Waals surface area contributed by atoms with Gasteiger partial charge in [-0.05, 0) is 6.42 Å². The van der Waals surface area contributed by atoms with Crippen LogP contribution in [0.3, 0.4) is 0 Å². The van der Waals surface area contributed by atoms with Gasteiger partial charge in [-0.1, -0.05) is 6.92 Å². The minimum atomic E-state index is -0.110. The van der Waals surface area contributed by atoms with Crippen LogP contribution in [0, 0.1) is 0 Å². The number of nitrogens with one attached hydrogen (secondary N) is 1. The highest BCUT2D eigenvalue weighted by molar-refractivity contribution is 5.79. The third-order valence-electron chi connectivity index (χ3n) is 1.15. The van der Waals surface area contributed by atoms with Crippen LogP contribution in [0.2, 0.25) is 0 Å². The van der Waals surface area contributed by atoms with Gasteiger partial charge in [0.1, 0.15) is 0 Å². The SMILES string of the molecule is CCCNC(=O)CN(C)C=O. The second kappa shape index (κ2) is 5.70. The van der Waals surface area contributed by atoms with Gasteiger partial charge in [0, 0.05) is 13.6 Å². The quantitative estimate of drug-likeness (QED) is 0.553. The number of hydrogen-bond donors (Lipinski definition) is 1. The standard InChI is InChI=1S/C7H14N2O2/c1-3-4-8-7(11)5-9(2)6-10/h6H,3-5H2,1-2H3,(H,8,11). The van der Waals surface area contributed by atoms with Crippen LogP contribution >= 0.6 is 0 Å². The summed E-state index contributed by atoms with van der Waals surface area (Å²) in [5.74, 6) is -0.110. The Morgan fingerprint density at radius 2 is 2.27 bits per heavy atom. The first-order valence-electron chi connectivity index (χ1n) is 3.63. The molecule has 0 aliphatic rings. The predicted octanol–water partition coefficient (Wildman–Crippen LogP) is -0.399. The molecule has 0 aromatic heterocycles. The molecule has 0 aromatic rings. The number of rotatable bonds is 5. The molecule has 0 aliphatic carbocycles. The molecular weight excluding hydrogens is 144 g/mol. The first-order chi connectivity index (χ1) is 5.20. The normalized spacial score (nSPS) is 8.91. The van der Waals surface area contributed by atoms with Crippen LogP contribution in [0.5, 0.6) is 0 Å². The van der Waals surface area contributed by atoms with E-state index in [2.05, 4.69) is 5.32 Å². The van der Waals surface area contributed by atoms with E-state index < -0.39 is 0 Å². The number of likely N-dealkylation sites (N-methyl/N-ethyl adjacent to an activating group) is 1. The van der Waals surface area contributed by atoms with Gasteiger partial charge in [0.15, 0.2) is 0 Å². The summed E-state index contributed by atoms with van der Waals surface area (Å²) in [4.78, 5) is 22.2. The van der Waals surface area contributed by atoms with Gasteiger partial charge in [0.05, 0.1) is 6.54 Å². The monoisotopic (exact) mass is 158 g/mol. The van der Waals surface area contributed by atoms with Crippen LogP contribution in [0.15, 0.2) is 0 Å². The van der Waals surface area contributed by atoms with Crippen molar-refractivity contribution in [3.8, 4) is 0 Å². The average Bonchev–Trinajstić information content (AvgIpc) is 2.00. The molecule has 0 saturated heterocycles. The second-order valence-corrected chi connectivity index (χ2v) is 2.37. The molecule has 0 saturated carbocycles. The molecule has 0 radical (unpaired) electrons. The number of nitrogens with zero attached hydrogens (tertiary/aromatic N) is 1. The van der Waals surface area contributed by atoms with E-state index in [-0.39, 0.29) is 12.5 Å². The summed E-state index contributed by atoms with van der Waals surface area (Å²) in [6, 6.07) is 0. The fraction of sp³-hybridized carbons (Fsp3) is 0.714. The number of amides is 2. The summed E-state index contributed by atoms with van der Waals surface area (Å²) in [6.07, 6.45) is 1.54. The van der Waals surface area contributed by atoms with Gasteiger partial charge in [-0.2, -0.15) is 0 Å².